The molecule has 0 unspecified atom stereocenters. The van der Waals surface area contributed by atoms with Gasteiger partial charge in [-0.05, 0) is 33.6 Å². The Hall–Kier alpha value is -0.850. The minimum absolute atomic E-state index is 0.0249. The van der Waals surface area contributed by atoms with Crippen molar-refractivity contribution in [2.45, 2.75) is 44.8 Å². The summed E-state index contributed by atoms with van der Waals surface area (Å²) in [4.78, 5) is 13.6. The molecule has 2 heterocycles. The molecule has 6 nitrogen and oxygen atoms in total. The first-order valence-electron chi connectivity index (χ1n) is 7.23. The van der Waals surface area contributed by atoms with E-state index in [9.17, 15) is 15.0 Å². The molecule has 3 N–H and O–H groups in total. The zero-order valence-electron chi connectivity index (χ0n) is 12.6. The van der Waals surface area contributed by atoms with Gasteiger partial charge in [-0.3, -0.25) is 0 Å². The number of aliphatic hydroxyl groups excluding tert-OH is 1. The number of carbonyl (C=O) groups is 1. The average Bonchev–Trinajstić information content (AvgIpc) is 2.26. The van der Waals surface area contributed by atoms with Gasteiger partial charge in [-0.25, -0.2) is 4.79 Å². The SMILES string of the molecule is CC(C)(C)OC(=O)N1CCC(O)(C2(CO)CNC2)CC1. The highest BCUT2D eigenvalue weighted by Crippen LogP contribution is 2.42. The van der Waals surface area contributed by atoms with Crippen LogP contribution >= 0.6 is 0 Å². The van der Waals surface area contributed by atoms with Crippen molar-refractivity contribution >= 4 is 6.09 Å². The maximum Gasteiger partial charge on any atom is 0.410 e. The Morgan fingerprint density at radius 1 is 1.30 bits per heavy atom. The maximum absolute atomic E-state index is 12.0. The van der Waals surface area contributed by atoms with Crippen LogP contribution in [0.15, 0.2) is 0 Å². The summed E-state index contributed by atoms with van der Waals surface area (Å²) in [5.74, 6) is 0. The monoisotopic (exact) mass is 286 g/mol. The topological polar surface area (TPSA) is 82.0 Å². The predicted molar refractivity (Wildman–Crippen MR) is 74.4 cm³/mol. The molecule has 0 radical (unpaired) electrons. The third kappa shape index (κ3) is 2.77. The molecule has 20 heavy (non-hydrogen) atoms. The molecule has 1 amide bonds. The molecule has 0 atom stereocenters. The summed E-state index contributed by atoms with van der Waals surface area (Å²) in [5.41, 5.74) is -1.85. The number of hydrogen-bond acceptors (Lipinski definition) is 5. The van der Waals surface area contributed by atoms with Gasteiger partial charge in [0.05, 0.1) is 12.2 Å². The van der Waals surface area contributed by atoms with Gasteiger partial charge < -0.3 is 25.2 Å². The van der Waals surface area contributed by atoms with E-state index in [0.29, 0.717) is 39.0 Å². The van der Waals surface area contributed by atoms with Gasteiger partial charge in [0, 0.05) is 31.6 Å². The smallest absolute Gasteiger partial charge is 0.410 e. The van der Waals surface area contributed by atoms with Crippen molar-refractivity contribution in [2.75, 3.05) is 32.8 Å². The lowest BCUT2D eigenvalue weighted by atomic mass is 9.64. The van der Waals surface area contributed by atoms with Crippen LogP contribution in [-0.2, 0) is 4.74 Å². The van der Waals surface area contributed by atoms with Gasteiger partial charge in [0.2, 0.25) is 0 Å². The second-order valence-corrected chi connectivity index (χ2v) is 7.04. The highest BCUT2D eigenvalue weighted by molar-refractivity contribution is 5.68. The first-order valence-corrected chi connectivity index (χ1v) is 7.23. The third-order valence-corrected chi connectivity index (χ3v) is 4.46. The normalized spacial score (nSPS) is 24.9. The fourth-order valence-electron chi connectivity index (χ4n) is 2.93. The van der Waals surface area contributed by atoms with Crippen LogP contribution in [-0.4, -0.2) is 65.2 Å². The minimum atomic E-state index is -0.897. The summed E-state index contributed by atoms with van der Waals surface area (Å²) in [6.07, 6.45) is 0.632. The maximum atomic E-state index is 12.0. The van der Waals surface area contributed by atoms with Crippen LogP contribution < -0.4 is 5.32 Å². The van der Waals surface area contributed by atoms with Crippen molar-refractivity contribution in [3.63, 3.8) is 0 Å². The fraction of sp³-hybridized carbons (Fsp3) is 0.929. The lowest BCUT2D eigenvalue weighted by Gasteiger charge is -2.55. The van der Waals surface area contributed by atoms with Crippen molar-refractivity contribution in [1.82, 2.24) is 10.2 Å². The van der Waals surface area contributed by atoms with Gasteiger partial charge in [0.1, 0.15) is 5.60 Å². The van der Waals surface area contributed by atoms with Gasteiger partial charge in [-0.15, -0.1) is 0 Å². The zero-order chi connectivity index (χ0) is 15.0. The van der Waals surface area contributed by atoms with E-state index in [-0.39, 0.29) is 12.7 Å². The van der Waals surface area contributed by atoms with E-state index in [2.05, 4.69) is 5.32 Å². The average molecular weight is 286 g/mol. The number of aliphatic hydroxyl groups is 2. The van der Waals surface area contributed by atoms with E-state index < -0.39 is 16.6 Å². The molecule has 116 valence electrons. The number of amides is 1. The van der Waals surface area contributed by atoms with E-state index in [1.54, 1.807) is 4.90 Å². The van der Waals surface area contributed by atoms with Gasteiger partial charge in [0.15, 0.2) is 0 Å². The van der Waals surface area contributed by atoms with Crippen molar-refractivity contribution < 1.29 is 19.7 Å². The van der Waals surface area contributed by atoms with Crippen molar-refractivity contribution in [1.29, 1.82) is 0 Å². The van der Waals surface area contributed by atoms with Crippen molar-refractivity contribution in [3.8, 4) is 0 Å². The predicted octanol–water partition coefficient (Wildman–Crippen LogP) is 0.330. The molecule has 6 heteroatoms. The molecule has 0 saturated carbocycles. The minimum Gasteiger partial charge on any atom is -0.444 e. The molecule has 0 aromatic rings. The van der Waals surface area contributed by atoms with Crippen LogP contribution in [0.3, 0.4) is 0 Å². The summed E-state index contributed by atoms with van der Waals surface area (Å²) in [6.45, 7) is 7.69. The first-order chi connectivity index (χ1) is 9.21. The highest BCUT2D eigenvalue weighted by atomic mass is 16.6. The number of nitrogens with zero attached hydrogens (tertiary/aromatic N) is 1. The van der Waals surface area contributed by atoms with Crippen LogP contribution in [0.5, 0.6) is 0 Å². The second-order valence-electron chi connectivity index (χ2n) is 7.04. The molecular formula is C14H26N2O4. The first kappa shape index (κ1) is 15.5. The Morgan fingerprint density at radius 2 is 1.85 bits per heavy atom. The highest BCUT2D eigenvalue weighted by Gasteiger charge is 2.55. The molecule has 0 aromatic heterocycles. The number of nitrogens with one attached hydrogen (secondary N) is 1. The number of likely N-dealkylation sites (tertiary alicyclic amines) is 1. The fourth-order valence-corrected chi connectivity index (χ4v) is 2.93. The molecule has 2 rings (SSSR count). The lowest BCUT2D eigenvalue weighted by Crippen LogP contribution is -2.70. The van der Waals surface area contributed by atoms with Gasteiger partial charge in [-0.2, -0.15) is 0 Å². The molecule has 0 spiro atoms. The largest absolute Gasteiger partial charge is 0.444 e. The zero-order valence-corrected chi connectivity index (χ0v) is 12.6. The lowest BCUT2D eigenvalue weighted by molar-refractivity contribution is -0.160. The van der Waals surface area contributed by atoms with E-state index in [1.165, 1.54) is 0 Å². The van der Waals surface area contributed by atoms with E-state index in [1.807, 2.05) is 20.8 Å². The number of rotatable bonds is 2. The number of hydrogen-bond donors (Lipinski definition) is 3. The number of carbonyl (C=O) groups excluding carboxylic acids is 1. The Morgan fingerprint density at radius 3 is 2.20 bits per heavy atom. The van der Waals surface area contributed by atoms with Gasteiger partial charge in [0.25, 0.3) is 0 Å². The number of ether oxygens (including phenoxy) is 1. The summed E-state index contributed by atoms with van der Waals surface area (Å²) in [6, 6.07) is 0. The summed E-state index contributed by atoms with van der Waals surface area (Å²) >= 11 is 0. The van der Waals surface area contributed by atoms with Crippen LogP contribution in [0.4, 0.5) is 4.79 Å². The molecule has 0 aliphatic carbocycles. The van der Waals surface area contributed by atoms with Crippen LogP contribution in [0.1, 0.15) is 33.6 Å². The number of piperidine rings is 1. The third-order valence-electron chi connectivity index (χ3n) is 4.46. The Balaban J connectivity index is 1.93. The summed E-state index contributed by atoms with van der Waals surface area (Å²) < 4.78 is 5.34. The van der Waals surface area contributed by atoms with E-state index >= 15 is 0 Å². The van der Waals surface area contributed by atoms with Gasteiger partial charge in [-0.1, -0.05) is 0 Å². The quantitative estimate of drug-likeness (QED) is 0.681. The van der Waals surface area contributed by atoms with Crippen LogP contribution in [0.25, 0.3) is 0 Å². The van der Waals surface area contributed by atoms with Crippen molar-refractivity contribution in [2.24, 2.45) is 5.41 Å². The Bertz CT molecular complexity index is 360. The van der Waals surface area contributed by atoms with Crippen molar-refractivity contribution in [3.05, 3.63) is 0 Å². The standard InChI is InChI=1S/C14H26N2O4/c1-12(2,3)20-11(18)16-6-4-14(19,5-7-16)13(10-17)8-15-9-13/h15,17,19H,4-10H2,1-3H3. The second kappa shape index (κ2) is 5.16. The summed E-state index contributed by atoms with van der Waals surface area (Å²) in [5, 5.41) is 23.5. The Kier molecular flexibility index (Phi) is 4.01. The summed E-state index contributed by atoms with van der Waals surface area (Å²) in [7, 11) is 0. The van der Waals surface area contributed by atoms with Gasteiger partial charge >= 0.3 is 6.09 Å². The Labute approximate surface area is 120 Å². The van der Waals surface area contributed by atoms with E-state index in [4.69, 9.17) is 4.74 Å². The van der Waals surface area contributed by atoms with E-state index in [0.717, 1.165) is 0 Å². The molecule has 0 bridgehead atoms. The molecule has 2 fully saturated rings. The molecule has 2 aliphatic heterocycles. The molecule has 2 aliphatic rings. The van der Waals surface area contributed by atoms with Crippen LogP contribution in [0.2, 0.25) is 0 Å². The molecule has 2 saturated heterocycles. The van der Waals surface area contributed by atoms with Crippen LogP contribution in [0, 0.1) is 5.41 Å². The molecule has 0 aromatic carbocycles. The molecular weight excluding hydrogens is 260 g/mol.